The van der Waals surface area contributed by atoms with Crippen LogP contribution in [0.15, 0.2) is 36.9 Å². The van der Waals surface area contributed by atoms with Crippen LogP contribution in [0.25, 0.3) is 5.82 Å². The van der Waals surface area contributed by atoms with Crippen molar-refractivity contribution < 1.29 is 22.7 Å². The zero-order chi connectivity index (χ0) is 22.6. The zero-order valence-corrected chi connectivity index (χ0v) is 15.6. The Morgan fingerprint density at radius 3 is 2.58 bits per heavy atom. The fourth-order valence-electron chi connectivity index (χ4n) is 2.58. The van der Waals surface area contributed by atoms with E-state index in [0.717, 1.165) is 24.5 Å². The molecule has 31 heavy (non-hydrogen) atoms. The minimum atomic E-state index is -4.98. The number of rotatable bonds is 5. The molecule has 0 fully saturated rings. The van der Waals surface area contributed by atoms with Gasteiger partial charge in [-0.15, -0.1) is 13.2 Å². The highest BCUT2D eigenvalue weighted by atomic mass is 19.4. The van der Waals surface area contributed by atoms with E-state index in [1.807, 2.05) is 6.07 Å². The second-order valence-electron chi connectivity index (χ2n) is 6.00. The monoisotopic (exact) mass is 428 g/mol. The van der Waals surface area contributed by atoms with Crippen LogP contribution in [0.3, 0.4) is 0 Å². The van der Waals surface area contributed by atoms with Crippen LogP contribution >= 0.6 is 0 Å². The van der Waals surface area contributed by atoms with Crippen molar-refractivity contribution in [1.82, 2.24) is 30.0 Å². The quantitative estimate of drug-likeness (QED) is 0.652. The highest BCUT2D eigenvalue weighted by Crippen LogP contribution is 2.25. The minimum Gasteiger partial charge on any atom is -0.406 e. The third-order valence-corrected chi connectivity index (χ3v) is 3.82. The van der Waals surface area contributed by atoms with Crippen LogP contribution in [0.2, 0.25) is 0 Å². The number of halogens is 3. The number of ether oxygens (including phenoxy) is 1. The summed E-state index contributed by atoms with van der Waals surface area (Å²) in [7, 11) is 0. The highest BCUT2D eigenvalue weighted by molar-refractivity contribution is 5.95. The van der Waals surface area contributed by atoms with Gasteiger partial charge in [0.05, 0.1) is 17.7 Å². The first-order chi connectivity index (χ1) is 14.7. The first kappa shape index (κ1) is 21.2. The molecule has 1 aromatic carbocycles. The predicted molar refractivity (Wildman–Crippen MR) is 95.4 cm³/mol. The van der Waals surface area contributed by atoms with Gasteiger partial charge in [0, 0.05) is 11.6 Å². The van der Waals surface area contributed by atoms with Gasteiger partial charge in [-0.05, 0) is 25.1 Å². The van der Waals surface area contributed by atoms with E-state index in [1.165, 1.54) is 17.1 Å². The van der Waals surface area contributed by atoms with Gasteiger partial charge in [0.15, 0.2) is 11.6 Å². The van der Waals surface area contributed by atoms with Crippen LogP contribution in [0, 0.1) is 22.7 Å². The number of nitriles is 2. The summed E-state index contributed by atoms with van der Waals surface area (Å²) in [5, 5.41) is 24.6. The van der Waals surface area contributed by atoms with Crippen molar-refractivity contribution in [3.05, 3.63) is 59.6 Å². The molecule has 156 valence electrons. The van der Waals surface area contributed by atoms with E-state index >= 15 is 0 Å². The van der Waals surface area contributed by atoms with Gasteiger partial charge in [-0.2, -0.15) is 20.3 Å². The van der Waals surface area contributed by atoms with Gasteiger partial charge in [-0.3, -0.25) is 4.79 Å². The van der Waals surface area contributed by atoms with E-state index in [1.54, 1.807) is 13.0 Å². The number of alkyl halides is 3. The summed E-state index contributed by atoms with van der Waals surface area (Å²) in [5.74, 6) is -1.00. The number of aromatic nitrogens is 5. The number of amides is 1. The molecule has 2 aromatic heterocycles. The number of nitrogens with one attached hydrogen (secondary N) is 1. The lowest BCUT2D eigenvalue weighted by atomic mass is 10.1. The molecule has 0 saturated heterocycles. The molecular weight excluding hydrogens is 417 g/mol. The average Bonchev–Trinajstić information content (AvgIpc) is 3.22. The molecule has 0 bridgehead atoms. The number of carbonyl (C=O) groups is 1. The average molecular weight is 428 g/mol. The number of hydrogen-bond donors (Lipinski definition) is 1. The molecule has 10 nitrogen and oxygen atoms in total. The normalized spacial score (nSPS) is 11.8. The predicted octanol–water partition coefficient (Wildman–Crippen LogP) is 2.19. The Bertz CT molecular complexity index is 1210. The molecule has 3 rings (SSSR count). The Hall–Kier alpha value is -4.52. The van der Waals surface area contributed by atoms with E-state index in [2.05, 4.69) is 30.1 Å². The van der Waals surface area contributed by atoms with Crippen molar-refractivity contribution in [3.8, 4) is 23.7 Å². The van der Waals surface area contributed by atoms with Gasteiger partial charge in [0.1, 0.15) is 30.2 Å². The fraction of sp³-hybridized carbons (Fsp3) is 0.167. The molecule has 1 amide bonds. The summed E-state index contributed by atoms with van der Waals surface area (Å²) in [6, 6.07) is 6.99. The lowest BCUT2D eigenvalue weighted by Crippen LogP contribution is -2.29. The Balaban J connectivity index is 1.85. The molecule has 1 atom stereocenters. The largest absolute Gasteiger partial charge is 0.573 e. The van der Waals surface area contributed by atoms with Crippen molar-refractivity contribution >= 4 is 5.91 Å². The maximum Gasteiger partial charge on any atom is 0.573 e. The summed E-state index contributed by atoms with van der Waals surface area (Å²) >= 11 is 0. The molecule has 13 heteroatoms. The van der Waals surface area contributed by atoms with Gasteiger partial charge < -0.3 is 10.1 Å². The van der Waals surface area contributed by atoms with Crippen LogP contribution in [-0.2, 0) is 0 Å². The minimum absolute atomic E-state index is 0.0913. The number of benzene rings is 1. The van der Waals surface area contributed by atoms with Gasteiger partial charge in [0.2, 0.25) is 0 Å². The van der Waals surface area contributed by atoms with Crippen molar-refractivity contribution in [2.75, 3.05) is 0 Å². The summed E-state index contributed by atoms with van der Waals surface area (Å²) in [4.78, 5) is 24.4. The maximum absolute atomic E-state index is 12.6. The number of nitrogens with zero attached hydrogens (tertiary/aromatic N) is 7. The smallest absolute Gasteiger partial charge is 0.406 e. The van der Waals surface area contributed by atoms with E-state index in [0.29, 0.717) is 0 Å². The van der Waals surface area contributed by atoms with Crippen LogP contribution in [-0.4, -0.2) is 37.0 Å². The fourth-order valence-corrected chi connectivity index (χ4v) is 2.58. The molecule has 3 aromatic rings. The SMILES string of the molecule is C[C@H](NC(=O)c1cc(C#N)cc(OC(F)(F)F)c1)c1ncnn1-c1cc(C#N)ncn1. The molecule has 0 aliphatic heterocycles. The Morgan fingerprint density at radius 2 is 1.90 bits per heavy atom. The lowest BCUT2D eigenvalue weighted by Gasteiger charge is -2.15. The first-order valence-electron chi connectivity index (χ1n) is 8.44. The summed E-state index contributed by atoms with van der Waals surface area (Å²) in [6.07, 6.45) is -2.61. The van der Waals surface area contributed by atoms with E-state index in [9.17, 15) is 18.0 Å². The molecule has 0 unspecified atom stereocenters. The maximum atomic E-state index is 12.6. The standard InChI is InChI=1S/C18H11F3N8O2/c1-10(16-26-9-27-29(16)15-5-13(7-23)24-8-25-15)28-17(30)12-2-11(6-22)3-14(4-12)31-18(19,20)21/h2-5,8-10H,1H3,(H,28,30)/t10-/m0/s1. The van der Waals surface area contributed by atoms with Crippen LogP contribution < -0.4 is 10.1 Å². The second-order valence-corrected chi connectivity index (χ2v) is 6.00. The first-order valence-corrected chi connectivity index (χ1v) is 8.44. The summed E-state index contributed by atoms with van der Waals surface area (Å²) in [5.41, 5.74) is -0.314. The van der Waals surface area contributed by atoms with Crippen molar-refractivity contribution in [1.29, 1.82) is 10.5 Å². The van der Waals surface area contributed by atoms with Crippen LogP contribution in [0.4, 0.5) is 13.2 Å². The van der Waals surface area contributed by atoms with Crippen molar-refractivity contribution in [3.63, 3.8) is 0 Å². The summed E-state index contributed by atoms with van der Waals surface area (Å²) < 4.78 is 42.6. The topological polar surface area (TPSA) is 142 Å². The molecule has 0 aliphatic rings. The molecule has 0 aliphatic carbocycles. The Labute approximate surface area is 172 Å². The van der Waals surface area contributed by atoms with Crippen LogP contribution in [0.5, 0.6) is 5.75 Å². The summed E-state index contributed by atoms with van der Waals surface area (Å²) in [6.45, 7) is 1.56. The van der Waals surface area contributed by atoms with E-state index in [4.69, 9.17) is 10.5 Å². The van der Waals surface area contributed by atoms with Crippen LogP contribution in [0.1, 0.15) is 40.4 Å². The Morgan fingerprint density at radius 1 is 1.13 bits per heavy atom. The van der Waals surface area contributed by atoms with E-state index in [-0.39, 0.29) is 28.5 Å². The zero-order valence-electron chi connectivity index (χ0n) is 15.6. The van der Waals surface area contributed by atoms with Crippen molar-refractivity contribution in [2.24, 2.45) is 0 Å². The van der Waals surface area contributed by atoms with Gasteiger partial charge >= 0.3 is 6.36 Å². The number of carbonyl (C=O) groups excluding carboxylic acids is 1. The molecule has 2 heterocycles. The third kappa shape index (κ3) is 5.10. The third-order valence-electron chi connectivity index (χ3n) is 3.82. The molecule has 1 N–H and O–H groups in total. The number of hydrogen-bond acceptors (Lipinski definition) is 8. The van der Waals surface area contributed by atoms with Crippen molar-refractivity contribution in [2.45, 2.75) is 19.3 Å². The van der Waals surface area contributed by atoms with Gasteiger partial charge in [-0.25, -0.2) is 15.0 Å². The molecular formula is C18H11F3N8O2. The van der Waals surface area contributed by atoms with Gasteiger partial charge in [-0.1, -0.05) is 0 Å². The molecule has 0 spiro atoms. The van der Waals surface area contributed by atoms with Gasteiger partial charge in [0.25, 0.3) is 5.91 Å². The highest BCUT2D eigenvalue weighted by Gasteiger charge is 2.31. The second kappa shape index (κ2) is 8.46. The lowest BCUT2D eigenvalue weighted by molar-refractivity contribution is -0.274. The molecule has 0 radical (unpaired) electrons. The van der Waals surface area contributed by atoms with E-state index < -0.39 is 24.1 Å². The Kier molecular flexibility index (Phi) is 5.79. The molecule has 0 saturated carbocycles.